The van der Waals surface area contributed by atoms with Crippen molar-refractivity contribution >= 4 is 40.5 Å². The summed E-state index contributed by atoms with van der Waals surface area (Å²) in [4.78, 5) is 27.8. The number of non-ortho nitro benzene ring substituents is 1. The predicted octanol–water partition coefficient (Wildman–Crippen LogP) is 4.00. The van der Waals surface area contributed by atoms with Crippen LogP contribution in [0.4, 0.5) is 5.69 Å². The minimum absolute atomic E-state index is 0.00712. The number of amides is 1. The van der Waals surface area contributed by atoms with Crippen LogP contribution in [0.1, 0.15) is 16.8 Å². The van der Waals surface area contributed by atoms with Crippen LogP contribution in [0, 0.1) is 24.0 Å². The Kier molecular flexibility index (Phi) is 6.00. The summed E-state index contributed by atoms with van der Waals surface area (Å²) in [5.41, 5.74) is 6.08. The van der Waals surface area contributed by atoms with Gasteiger partial charge in [0.2, 0.25) is 5.91 Å². The van der Waals surface area contributed by atoms with Gasteiger partial charge in [0.15, 0.2) is 0 Å². The molecular weight excluding hydrogens is 376 g/mol. The molecule has 0 aliphatic heterocycles. The molecule has 0 saturated heterocycles. The number of nitrogens with one attached hydrogen (secondary N) is 1. The molecular formula is C20H18N4O3S. The van der Waals surface area contributed by atoms with Gasteiger partial charge in [-0.15, -0.1) is 11.8 Å². The molecule has 2 aromatic carbocycles. The minimum Gasteiger partial charge on any atom is -0.272 e. The number of hydrogen-bond acceptors (Lipinski definition) is 6. The molecule has 7 nitrogen and oxygen atoms in total. The van der Waals surface area contributed by atoms with Gasteiger partial charge in [0.05, 0.1) is 22.4 Å². The molecule has 3 aromatic rings. The maximum Gasteiger partial charge on any atom is 0.269 e. The number of benzene rings is 2. The molecule has 0 aliphatic rings. The van der Waals surface area contributed by atoms with E-state index >= 15 is 0 Å². The number of nitrogens with zero attached hydrogens (tertiary/aromatic N) is 3. The van der Waals surface area contributed by atoms with E-state index in [1.165, 1.54) is 30.1 Å². The van der Waals surface area contributed by atoms with Crippen LogP contribution in [-0.4, -0.2) is 27.8 Å². The van der Waals surface area contributed by atoms with Gasteiger partial charge in [0.1, 0.15) is 0 Å². The lowest BCUT2D eigenvalue weighted by Gasteiger charge is -2.08. The number of fused-ring (bicyclic) bond motifs is 1. The maximum absolute atomic E-state index is 12.1. The van der Waals surface area contributed by atoms with Crippen LogP contribution in [0.25, 0.3) is 10.9 Å². The third kappa shape index (κ3) is 4.92. The zero-order chi connectivity index (χ0) is 20.1. The Bertz CT molecular complexity index is 1060. The highest BCUT2D eigenvalue weighted by atomic mass is 32.2. The normalized spacial score (nSPS) is 11.1. The van der Waals surface area contributed by atoms with E-state index in [1.54, 1.807) is 12.1 Å². The van der Waals surface area contributed by atoms with Gasteiger partial charge in [-0.05, 0) is 49.7 Å². The molecule has 0 spiro atoms. The molecule has 0 unspecified atom stereocenters. The number of aromatic nitrogens is 1. The van der Waals surface area contributed by atoms with E-state index in [0.717, 1.165) is 27.1 Å². The van der Waals surface area contributed by atoms with Crippen molar-refractivity contribution in [3.63, 3.8) is 0 Å². The summed E-state index contributed by atoms with van der Waals surface area (Å²) in [5.74, 6) is -0.0252. The summed E-state index contributed by atoms with van der Waals surface area (Å²) in [6, 6.07) is 13.9. The minimum atomic E-state index is -0.466. The lowest BCUT2D eigenvalue weighted by molar-refractivity contribution is -0.384. The van der Waals surface area contributed by atoms with Crippen molar-refractivity contribution in [2.45, 2.75) is 18.7 Å². The zero-order valence-corrected chi connectivity index (χ0v) is 16.2. The monoisotopic (exact) mass is 394 g/mol. The van der Waals surface area contributed by atoms with Gasteiger partial charge < -0.3 is 0 Å². The Morgan fingerprint density at radius 1 is 1.21 bits per heavy atom. The summed E-state index contributed by atoms with van der Waals surface area (Å²) >= 11 is 1.43. The van der Waals surface area contributed by atoms with Crippen LogP contribution >= 0.6 is 11.8 Å². The maximum atomic E-state index is 12.1. The van der Waals surface area contributed by atoms with Gasteiger partial charge >= 0.3 is 0 Å². The summed E-state index contributed by atoms with van der Waals surface area (Å²) < 4.78 is 0. The zero-order valence-electron chi connectivity index (χ0n) is 15.4. The van der Waals surface area contributed by atoms with Gasteiger partial charge in [-0.3, -0.25) is 19.9 Å². The topological polar surface area (TPSA) is 97.5 Å². The molecule has 0 bridgehead atoms. The number of nitro benzene ring substituents is 1. The van der Waals surface area contributed by atoms with Crippen LogP contribution in [0.3, 0.4) is 0 Å². The molecule has 8 heteroatoms. The highest BCUT2D eigenvalue weighted by Crippen LogP contribution is 2.28. The average molecular weight is 394 g/mol. The highest BCUT2D eigenvalue weighted by molar-refractivity contribution is 8.00. The molecule has 28 heavy (non-hydrogen) atoms. The third-order valence-corrected chi connectivity index (χ3v) is 4.98. The summed E-state index contributed by atoms with van der Waals surface area (Å²) in [7, 11) is 0. The molecule has 0 fully saturated rings. The van der Waals surface area contributed by atoms with Crippen molar-refractivity contribution < 1.29 is 9.72 Å². The van der Waals surface area contributed by atoms with Crippen molar-refractivity contribution in [1.29, 1.82) is 0 Å². The SMILES string of the molecule is Cc1ccc2nc(C)cc(SCC(=O)NN=Cc3ccc([N+](=O)[O-])cc3)c2c1. The molecule has 0 aliphatic carbocycles. The van der Waals surface area contributed by atoms with Crippen LogP contribution in [0.2, 0.25) is 0 Å². The first kappa shape index (κ1) is 19.5. The molecule has 1 N–H and O–H groups in total. The molecule has 1 amide bonds. The van der Waals surface area contributed by atoms with Crippen LogP contribution in [-0.2, 0) is 4.79 Å². The number of pyridine rings is 1. The second kappa shape index (κ2) is 8.62. The quantitative estimate of drug-likeness (QED) is 0.295. The van der Waals surface area contributed by atoms with Crippen molar-refractivity contribution in [2.75, 3.05) is 5.75 Å². The Balaban J connectivity index is 1.61. The number of hydrogen-bond donors (Lipinski definition) is 1. The number of nitro groups is 1. The van der Waals surface area contributed by atoms with E-state index in [-0.39, 0.29) is 17.3 Å². The Hall–Kier alpha value is -3.26. The highest BCUT2D eigenvalue weighted by Gasteiger charge is 2.08. The summed E-state index contributed by atoms with van der Waals surface area (Å²) in [5, 5.41) is 15.6. The van der Waals surface area contributed by atoms with Gasteiger partial charge in [-0.25, -0.2) is 5.43 Å². The van der Waals surface area contributed by atoms with E-state index < -0.39 is 4.92 Å². The fourth-order valence-electron chi connectivity index (χ4n) is 2.59. The molecule has 0 saturated carbocycles. The predicted molar refractivity (Wildman–Crippen MR) is 111 cm³/mol. The van der Waals surface area contributed by atoms with Crippen LogP contribution in [0.5, 0.6) is 0 Å². The Morgan fingerprint density at radius 3 is 2.68 bits per heavy atom. The first-order valence-electron chi connectivity index (χ1n) is 8.49. The second-order valence-corrected chi connectivity index (χ2v) is 7.23. The fraction of sp³-hybridized carbons (Fsp3) is 0.150. The van der Waals surface area contributed by atoms with Gasteiger partial charge in [0, 0.05) is 28.1 Å². The molecule has 1 aromatic heterocycles. The summed E-state index contributed by atoms with van der Waals surface area (Å²) in [6.07, 6.45) is 1.45. The van der Waals surface area contributed by atoms with Crippen molar-refractivity contribution in [3.05, 3.63) is 75.5 Å². The van der Waals surface area contributed by atoms with E-state index in [9.17, 15) is 14.9 Å². The molecule has 0 atom stereocenters. The standard InChI is InChI=1S/C20H18N4O3S/c1-13-3-8-18-17(9-13)19(10-14(2)22-18)28-12-20(25)23-21-11-15-4-6-16(7-5-15)24(26)27/h3-11H,12H2,1-2H3,(H,23,25). The molecule has 142 valence electrons. The fourth-order valence-corrected chi connectivity index (χ4v) is 3.51. The Labute approximate surface area is 166 Å². The number of aryl methyl sites for hydroxylation is 2. The van der Waals surface area contributed by atoms with Crippen molar-refractivity contribution in [1.82, 2.24) is 10.4 Å². The van der Waals surface area contributed by atoms with E-state index in [4.69, 9.17) is 0 Å². The first-order valence-corrected chi connectivity index (χ1v) is 9.48. The van der Waals surface area contributed by atoms with Crippen molar-refractivity contribution in [3.8, 4) is 0 Å². The van der Waals surface area contributed by atoms with Crippen molar-refractivity contribution in [2.24, 2.45) is 5.10 Å². The molecule has 0 radical (unpaired) electrons. The number of rotatable bonds is 6. The van der Waals surface area contributed by atoms with E-state index in [2.05, 4.69) is 21.6 Å². The largest absolute Gasteiger partial charge is 0.272 e. The smallest absolute Gasteiger partial charge is 0.269 e. The van der Waals surface area contributed by atoms with Gasteiger partial charge in [0.25, 0.3) is 5.69 Å². The molecule has 3 rings (SSSR count). The lowest BCUT2D eigenvalue weighted by Crippen LogP contribution is -2.19. The number of carbonyl (C=O) groups is 1. The van der Waals surface area contributed by atoms with E-state index in [1.807, 2.05) is 32.0 Å². The van der Waals surface area contributed by atoms with Crippen LogP contribution in [0.15, 0.2) is 58.5 Å². The number of thioether (sulfide) groups is 1. The number of hydrazone groups is 1. The average Bonchev–Trinajstić information content (AvgIpc) is 2.67. The molecule has 1 heterocycles. The second-order valence-electron chi connectivity index (χ2n) is 6.21. The lowest BCUT2D eigenvalue weighted by atomic mass is 10.1. The summed E-state index contributed by atoms with van der Waals surface area (Å²) in [6.45, 7) is 3.95. The number of carbonyl (C=O) groups excluding carboxylic acids is 1. The van der Waals surface area contributed by atoms with Crippen LogP contribution < -0.4 is 5.43 Å². The van der Waals surface area contributed by atoms with E-state index in [0.29, 0.717) is 5.56 Å². The van der Waals surface area contributed by atoms with Gasteiger partial charge in [-0.1, -0.05) is 11.6 Å². The van der Waals surface area contributed by atoms with Gasteiger partial charge in [-0.2, -0.15) is 5.10 Å². The third-order valence-electron chi connectivity index (χ3n) is 3.92. The first-order chi connectivity index (χ1) is 13.4. The Morgan fingerprint density at radius 2 is 1.96 bits per heavy atom.